The number of nitrogens with zero attached hydrogens (tertiary/aromatic N) is 2. The molecule has 1 amide bonds. The SMILES string of the molecule is Cc1cnc(N2CCC(F)(COc3cc(F)c(CC(=O)NOC4CC4)cc3C3CC3)CC2)cc1C(F)(F)F. The van der Waals surface area contributed by atoms with Crippen molar-refractivity contribution in [3.05, 3.63) is 52.5 Å². The van der Waals surface area contributed by atoms with Crippen LogP contribution in [0.3, 0.4) is 0 Å². The van der Waals surface area contributed by atoms with Gasteiger partial charge in [0, 0.05) is 38.2 Å². The van der Waals surface area contributed by atoms with E-state index in [1.165, 1.54) is 19.2 Å². The van der Waals surface area contributed by atoms with E-state index in [2.05, 4.69) is 10.5 Å². The van der Waals surface area contributed by atoms with Gasteiger partial charge in [0.1, 0.15) is 29.7 Å². The van der Waals surface area contributed by atoms with Gasteiger partial charge in [0.2, 0.25) is 5.91 Å². The van der Waals surface area contributed by atoms with Crippen molar-refractivity contribution in [2.75, 3.05) is 24.6 Å². The van der Waals surface area contributed by atoms with Gasteiger partial charge in [0.25, 0.3) is 0 Å². The molecular weight excluding hydrogens is 509 g/mol. The molecule has 2 heterocycles. The Morgan fingerprint density at radius 3 is 2.50 bits per heavy atom. The molecule has 0 atom stereocenters. The molecule has 3 aliphatic rings. The second-order valence-corrected chi connectivity index (χ2v) is 10.6. The third kappa shape index (κ3) is 6.36. The summed E-state index contributed by atoms with van der Waals surface area (Å²) >= 11 is 0. The summed E-state index contributed by atoms with van der Waals surface area (Å²) in [7, 11) is 0. The zero-order valence-electron chi connectivity index (χ0n) is 21.0. The number of hydrogen-bond acceptors (Lipinski definition) is 5. The zero-order chi connectivity index (χ0) is 27.1. The van der Waals surface area contributed by atoms with Crippen LogP contribution >= 0.6 is 0 Å². The Morgan fingerprint density at radius 1 is 1.16 bits per heavy atom. The molecule has 11 heteroatoms. The van der Waals surface area contributed by atoms with Crippen molar-refractivity contribution >= 4 is 11.7 Å². The van der Waals surface area contributed by atoms with E-state index in [-0.39, 0.29) is 73.7 Å². The number of carbonyl (C=O) groups excluding carboxylic acids is 1. The molecule has 2 aromatic rings. The standard InChI is InChI=1S/C27H30F5N3O3/c1-16-14-33-24(12-21(16)27(30,31)32)35-8-6-26(29,7-9-35)15-37-23-13-22(28)18(10-20(23)17-2-3-17)11-25(36)34-38-19-4-5-19/h10,12-14,17,19H,2-9,11,15H2,1H3,(H,34,36). The highest BCUT2D eigenvalue weighted by atomic mass is 19.4. The number of benzene rings is 1. The van der Waals surface area contributed by atoms with Gasteiger partial charge in [-0.3, -0.25) is 9.63 Å². The first kappa shape index (κ1) is 26.6. The van der Waals surface area contributed by atoms with Gasteiger partial charge in [0.15, 0.2) is 0 Å². The normalized spacial score (nSPS) is 19.4. The smallest absolute Gasteiger partial charge is 0.416 e. The number of aromatic nitrogens is 1. The van der Waals surface area contributed by atoms with Crippen molar-refractivity contribution in [3.63, 3.8) is 0 Å². The highest BCUT2D eigenvalue weighted by Crippen LogP contribution is 2.45. The lowest BCUT2D eigenvalue weighted by Crippen LogP contribution is -2.45. The molecule has 1 aromatic carbocycles. The minimum absolute atomic E-state index is 0.0310. The van der Waals surface area contributed by atoms with E-state index in [0.29, 0.717) is 0 Å². The number of ether oxygens (including phenoxy) is 1. The molecular formula is C27H30F5N3O3. The Bertz CT molecular complexity index is 1190. The van der Waals surface area contributed by atoms with Crippen LogP contribution in [0.4, 0.5) is 27.8 Å². The van der Waals surface area contributed by atoms with Crippen molar-refractivity contribution in [2.45, 2.75) is 75.7 Å². The minimum atomic E-state index is -4.49. The first-order valence-corrected chi connectivity index (χ1v) is 12.9. The number of alkyl halides is 4. The molecule has 0 unspecified atom stereocenters. The Labute approximate surface area is 217 Å². The van der Waals surface area contributed by atoms with Crippen molar-refractivity contribution in [1.82, 2.24) is 10.5 Å². The van der Waals surface area contributed by atoms with Crippen LogP contribution < -0.4 is 15.1 Å². The highest BCUT2D eigenvalue weighted by Gasteiger charge is 2.38. The number of halogens is 5. The summed E-state index contributed by atoms with van der Waals surface area (Å²) in [6, 6.07) is 3.83. The third-order valence-corrected chi connectivity index (χ3v) is 7.27. The van der Waals surface area contributed by atoms with Gasteiger partial charge in [-0.25, -0.2) is 19.2 Å². The predicted molar refractivity (Wildman–Crippen MR) is 129 cm³/mol. The first-order chi connectivity index (χ1) is 18.0. The van der Waals surface area contributed by atoms with E-state index < -0.39 is 29.1 Å². The summed E-state index contributed by atoms with van der Waals surface area (Å²) in [6.07, 6.45) is 0.194. The summed E-state index contributed by atoms with van der Waals surface area (Å²) in [6.45, 7) is 1.40. The van der Waals surface area contributed by atoms with Crippen LogP contribution in [0.5, 0.6) is 5.75 Å². The number of carbonyl (C=O) groups is 1. The third-order valence-electron chi connectivity index (χ3n) is 7.27. The van der Waals surface area contributed by atoms with Crippen LogP contribution in [-0.4, -0.2) is 42.4 Å². The number of aryl methyl sites for hydroxylation is 1. The molecule has 38 heavy (non-hydrogen) atoms. The first-order valence-electron chi connectivity index (χ1n) is 12.9. The van der Waals surface area contributed by atoms with Crippen molar-refractivity contribution in [1.29, 1.82) is 0 Å². The lowest BCUT2D eigenvalue weighted by molar-refractivity contribution is -0.138. The molecule has 2 saturated carbocycles. The molecule has 1 aliphatic heterocycles. The van der Waals surface area contributed by atoms with Crippen molar-refractivity contribution in [2.24, 2.45) is 0 Å². The van der Waals surface area contributed by atoms with E-state index in [0.717, 1.165) is 37.3 Å². The van der Waals surface area contributed by atoms with E-state index >= 15 is 4.39 Å². The lowest BCUT2D eigenvalue weighted by atomic mass is 9.94. The molecule has 0 spiro atoms. The Morgan fingerprint density at radius 2 is 1.87 bits per heavy atom. The van der Waals surface area contributed by atoms with Crippen LogP contribution in [0, 0.1) is 12.7 Å². The van der Waals surface area contributed by atoms with Gasteiger partial charge < -0.3 is 9.64 Å². The number of hydroxylamine groups is 1. The Balaban J connectivity index is 1.21. The van der Waals surface area contributed by atoms with Gasteiger partial charge in [-0.05, 0) is 67.3 Å². The number of rotatable bonds is 9. The maximum absolute atomic E-state index is 15.6. The average Bonchev–Trinajstić information content (AvgIpc) is 3.78. The fourth-order valence-electron chi connectivity index (χ4n) is 4.62. The molecule has 1 aromatic heterocycles. The molecule has 3 fully saturated rings. The van der Waals surface area contributed by atoms with Crippen molar-refractivity contribution < 1.29 is 36.3 Å². The van der Waals surface area contributed by atoms with Crippen LogP contribution in [0.1, 0.15) is 66.7 Å². The molecule has 1 N–H and O–H groups in total. The van der Waals surface area contributed by atoms with Gasteiger partial charge in [-0.2, -0.15) is 13.2 Å². The predicted octanol–water partition coefficient (Wildman–Crippen LogP) is 5.57. The molecule has 0 bridgehead atoms. The summed E-state index contributed by atoms with van der Waals surface area (Å²) in [4.78, 5) is 23.0. The van der Waals surface area contributed by atoms with E-state index in [4.69, 9.17) is 9.57 Å². The zero-order valence-corrected chi connectivity index (χ0v) is 21.0. The molecule has 6 nitrogen and oxygen atoms in total. The highest BCUT2D eigenvalue weighted by molar-refractivity contribution is 5.77. The fraction of sp³-hybridized carbons (Fsp3) is 0.556. The van der Waals surface area contributed by atoms with Crippen LogP contribution in [0.15, 0.2) is 24.4 Å². The fourth-order valence-corrected chi connectivity index (χ4v) is 4.62. The van der Waals surface area contributed by atoms with Crippen LogP contribution in [0.25, 0.3) is 0 Å². The van der Waals surface area contributed by atoms with Gasteiger partial charge in [-0.1, -0.05) is 0 Å². The lowest BCUT2D eigenvalue weighted by Gasteiger charge is -2.37. The second kappa shape index (κ2) is 10.3. The van der Waals surface area contributed by atoms with Gasteiger partial charge >= 0.3 is 6.18 Å². The number of pyridine rings is 1. The quantitative estimate of drug-likeness (QED) is 0.334. The number of anilines is 1. The van der Waals surface area contributed by atoms with Gasteiger partial charge in [-0.15, -0.1) is 0 Å². The van der Waals surface area contributed by atoms with Crippen molar-refractivity contribution in [3.8, 4) is 5.75 Å². The number of amides is 1. The Kier molecular flexibility index (Phi) is 7.23. The number of nitrogens with one attached hydrogen (secondary N) is 1. The summed E-state index contributed by atoms with van der Waals surface area (Å²) in [5, 5.41) is 0. The molecule has 206 valence electrons. The van der Waals surface area contributed by atoms with E-state index in [9.17, 15) is 22.4 Å². The maximum atomic E-state index is 15.6. The molecule has 1 saturated heterocycles. The van der Waals surface area contributed by atoms with Crippen LogP contribution in [0.2, 0.25) is 0 Å². The average molecular weight is 540 g/mol. The summed E-state index contributed by atoms with van der Waals surface area (Å²) in [5.41, 5.74) is 0.884. The minimum Gasteiger partial charge on any atom is -0.490 e. The molecule has 2 aliphatic carbocycles. The monoisotopic (exact) mass is 539 g/mol. The number of hydrogen-bond donors (Lipinski definition) is 1. The maximum Gasteiger partial charge on any atom is 0.416 e. The van der Waals surface area contributed by atoms with E-state index in [1.807, 2.05) is 0 Å². The second-order valence-electron chi connectivity index (χ2n) is 10.6. The summed E-state index contributed by atoms with van der Waals surface area (Å²) in [5.74, 6) is -0.460. The largest absolute Gasteiger partial charge is 0.490 e. The Hall–Kier alpha value is -2.95. The summed E-state index contributed by atoms with van der Waals surface area (Å²) < 4.78 is 76.1. The number of piperidine rings is 1. The topological polar surface area (TPSA) is 63.7 Å². The van der Waals surface area contributed by atoms with E-state index in [1.54, 1.807) is 11.0 Å². The molecule has 0 radical (unpaired) electrons. The van der Waals surface area contributed by atoms with Crippen LogP contribution in [-0.2, 0) is 22.2 Å². The van der Waals surface area contributed by atoms with Gasteiger partial charge in [0.05, 0.1) is 18.1 Å². The molecule has 5 rings (SSSR count).